The number of ether oxygens (including phenoxy) is 1. The molecule has 1 aromatic carbocycles. The molecule has 0 fully saturated rings. The molecule has 1 aliphatic rings. The molecule has 20 heavy (non-hydrogen) atoms. The zero-order valence-corrected chi connectivity index (χ0v) is 12.3. The largest absolute Gasteiger partial charge is 0.491 e. The third-order valence-corrected chi connectivity index (χ3v) is 3.90. The third kappa shape index (κ3) is 2.45. The molecule has 2 N–H and O–H groups in total. The number of hydrogen-bond acceptors (Lipinski definition) is 3. The number of pyridine rings is 1. The Balaban J connectivity index is 2.12. The number of nitrogen functional groups attached to an aromatic ring is 1. The summed E-state index contributed by atoms with van der Waals surface area (Å²) in [5.74, 6) is 0.870. The minimum atomic E-state index is 0.169. The maximum atomic E-state index is 6.41. The van der Waals surface area contributed by atoms with E-state index in [0.717, 1.165) is 35.2 Å². The zero-order chi connectivity index (χ0) is 14.1. The Morgan fingerprint density at radius 1 is 1.15 bits per heavy atom. The zero-order valence-electron chi connectivity index (χ0n) is 12.3. The fourth-order valence-corrected chi connectivity index (χ4v) is 2.96. The van der Waals surface area contributed by atoms with Gasteiger partial charge in [-0.3, -0.25) is 4.98 Å². The van der Waals surface area contributed by atoms with Crippen LogP contribution in [0.25, 0.3) is 10.9 Å². The number of nitrogens with two attached hydrogens (primary N) is 1. The number of fused-ring (bicyclic) bond motifs is 2. The van der Waals surface area contributed by atoms with Crippen LogP contribution in [0.1, 0.15) is 44.4 Å². The topological polar surface area (TPSA) is 48.1 Å². The van der Waals surface area contributed by atoms with E-state index in [1.165, 1.54) is 30.5 Å². The average molecular weight is 270 g/mol. The lowest BCUT2D eigenvalue weighted by molar-refractivity contribution is 0.243. The smallest absolute Gasteiger partial charge is 0.120 e. The van der Waals surface area contributed by atoms with Gasteiger partial charge in [0.05, 0.1) is 11.6 Å². The van der Waals surface area contributed by atoms with Gasteiger partial charge in [0.15, 0.2) is 0 Å². The number of hydrogen-bond donors (Lipinski definition) is 1. The molecule has 0 spiro atoms. The van der Waals surface area contributed by atoms with E-state index < -0.39 is 0 Å². The second-order valence-corrected chi connectivity index (χ2v) is 5.86. The fourth-order valence-electron chi connectivity index (χ4n) is 2.96. The first-order chi connectivity index (χ1) is 9.65. The summed E-state index contributed by atoms with van der Waals surface area (Å²) in [4.78, 5) is 4.82. The van der Waals surface area contributed by atoms with Gasteiger partial charge in [0.2, 0.25) is 0 Å². The van der Waals surface area contributed by atoms with E-state index in [-0.39, 0.29) is 6.10 Å². The van der Waals surface area contributed by atoms with Crippen molar-refractivity contribution < 1.29 is 4.74 Å². The van der Waals surface area contributed by atoms with Gasteiger partial charge in [0.1, 0.15) is 5.75 Å². The Kier molecular flexibility index (Phi) is 3.51. The molecule has 0 radical (unpaired) electrons. The molecule has 0 unspecified atom stereocenters. The van der Waals surface area contributed by atoms with Gasteiger partial charge in [-0.05, 0) is 63.3 Å². The molecule has 3 nitrogen and oxygen atoms in total. The standard InChI is InChI=1S/C17H22N2O/c1-11(2)20-12-8-9-16-14(10-12)17(18)13-6-4-3-5-7-15(13)19-16/h8-11H,3-7H2,1-2H3,(H2,18,19). The van der Waals surface area contributed by atoms with Gasteiger partial charge < -0.3 is 10.5 Å². The summed E-state index contributed by atoms with van der Waals surface area (Å²) in [5, 5.41) is 1.03. The van der Waals surface area contributed by atoms with Crippen molar-refractivity contribution in [1.82, 2.24) is 4.98 Å². The maximum Gasteiger partial charge on any atom is 0.120 e. The Labute approximate surface area is 120 Å². The monoisotopic (exact) mass is 270 g/mol. The number of aryl methyl sites for hydroxylation is 1. The molecule has 0 aliphatic heterocycles. The molecule has 1 aliphatic carbocycles. The average Bonchev–Trinajstić information content (AvgIpc) is 2.64. The Morgan fingerprint density at radius 2 is 1.95 bits per heavy atom. The van der Waals surface area contributed by atoms with Crippen LogP contribution in [0.4, 0.5) is 5.69 Å². The summed E-state index contributed by atoms with van der Waals surface area (Å²) in [6.45, 7) is 4.06. The van der Waals surface area contributed by atoms with Crippen LogP contribution in [0.3, 0.4) is 0 Å². The Morgan fingerprint density at radius 3 is 2.75 bits per heavy atom. The van der Waals surface area contributed by atoms with E-state index in [9.17, 15) is 0 Å². The summed E-state index contributed by atoms with van der Waals surface area (Å²) < 4.78 is 5.76. The molecule has 2 aromatic rings. The second-order valence-electron chi connectivity index (χ2n) is 5.86. The molecule has 0 atom stereocenters. The Hall–Kier alpha value is -1.77. The van der Waals surface area contributed by atoms with E-state index in [1.54, 1.807) is 0 Å². The first kappa shape index (κ1) is 13.2. The summed E-state index contributed by atoms with van der Waals surface area (Å²) in [7, 11) is 0. The molecule has 3 heteroatoms. The van der Waals surface area contributed by atoms with Crippen LogP contribution in [-0.4, -0.2) is 11.1 Å². The van der Waals surface area contributed by atoms with Gasteiger partial charge in [-0.25, -0.2) is 0 Å². The Bertz CT molecular complexity index is 634. The van der Waals surface area contributed by atoms with E-state index in [4.69, 9.17) is 15.5 Å². The van der Waals surface area contributed by atoms with Crippen LogP contribution in [-0.2, 0) is 12.8 Å². The molecular weight excluding hydrogens is 248 g/mol. The summed E-state index contributed by atoms with van der Waals surface area (Å²) in [6.07, 6.45) is 5.99. The van der Waals surface area contributed by atoms with Gasteiger partial charge in [-0.2, -0.15) is 0 Å². The normalized spacial score (nSPS) is 15.2. The first-order valence-electron chi connectivity index (χ1n) is 7.53. The second kappa shape index (κ2) is 5.31. The molecular formula is C17H22N2O. The van der Waals surface area contributed by atoms with Crippen molar-refractivity contribution in [3.63, 3.8) is 0 Å². The highest BCUT2D eigenvalue weighted by molar-refractivity contribution is 5.93. The summed E-state index contributed by atoms with van der Waals surface area (Å²) in [5.41, 5.74) is 10.8. The fraction of sp³-hybridized carbons (Fsp3) is 0.471. The van der Waals surface area contributed by atoms with Gasteiger partial charge in [0.25, 0.3) is 0 Å². The molecule has 0 saturated carbocycles. The van der Waals surface area contributed by atoms with Crippen molar-refractivity contribution in [1.29, 1.82) is 0 Å². The molecule has 1 aromatic heterocycles. The minimum absolute atomic E-state index is 0.169. The van der Waals surface area contributed by atoms with Gasteiger partial charge in [-0.1, -0.05) is 6.42 Å². The lowest BCUT2D eigenvalue weighted by atomic mass is 10.0. The van der Waals surface area contributed by atoms with E-state index in [0.29, 0.717) is 0 Å². The van der Waals surface area contributed by atoms with Crippen LogP contribution in [0, 0.1) is 0 Å². The molecule has 1 heterocycles. The predicted octanol–water partition coefficient (Wildman–Crippen LogP) is 3.87. The van der Waals surface area contributed by atoms with Crippen molar-refractivity contribution in [2.45, 2.75) is 52.1 Å². The molecule has 0 saturated heterocycles. The minimum Gasteiger partial charge on any atom is -0.491 e. The molecule has 3 rings (SSSR count). The lowest BCUT2D eigenvalue weighted by Gasteiger charge is -2.14. The van der Waals surface area contributed by atoms with Crippen LogP contribution in [0.2, 0.25) is 0 Å². The maximum absolute atomic E-state index is 6.41. The van der Waals surface area contributed by atoms with E-state index in [1.807, 2.05) is 32.0 Å². The SMILES string of the molecule is CC(C)Oc1ccc2nc3c(c(N)c2c1)CCCCC3. The molecule has 106 valence electrons. The highest BCUT2D eigenvalue weighted by Gasteiger charge is 2.15. The quantitative estimate of drug-likeness (QED) is 0.843. The van der Waals surface area contributed by atoms with Crippen molar-refractivity contribution in [2.75, 3.05) is 5.73 Å². The highest BCUT2D eigenvalue weighted by Crippen LogP contribution is 2.32. The van der Waals surface area contributed by atoms with Crippen molar-refractivity contribution in [3.8, 4) is 5.75 Å². The number of anilines is 1. The van der Waals surface area contributed by atoms with Crippen LogP contribution in [0.5, 0.6) is 5.75 Å². The highest BCUT2D eigenvalue weighted by atomic mass is 16.5. The van der Waals surface area contributed by atoms with E-state index in [2.05, 4.69) is 0 Å². The van der Waals surface area contributed by atoms with Gasteiger partial charge >= 0.3 is 0 Å². The third-order valence-electron chi connectivity index (χ3n) is 3.90. The molecule has 0 bridgehead atoms. The number of nitrogens with zero attached hydrogens (tertiary/aromatic N) is 1. The van der Waals surface area contributed by atoms with Crippen LogP contribution < -0.4 is 10.5 Å². The van der Waals surface area contributed by atoms with Crippen LogP contribution >= 0.6 is 0 Å². The van der Waals surface area contributed by atoms with Gasteiger partial charge in [-0.15, -0.1) is 0 Å². The van der Waals surface area contributed by atoms with Crippen molar-refractivity contribution in [3.05, 3.63) is 29.5 Å². The summed E-state index contributed by atoms with van der Waals surface area (Å²) in [6, 6.07) is 6.04. The number of aromatic nitrogens is 1. The summed E-state index contributed by atoms with van der Waals surface area (Å²) >= 11 is 0. The van der Waals surface area contributed by atoms with Crippen LogP contribution in [0.15, 0.2) is 18.2 Å². The predicted molar refractivity (Wildman–Crippen MR) is 83.2 cm³/mol. The number of rotatable bonds is 2. The van der Waals surface area contributed by atoms with Gasteiger partial charge in [0, 0.05) is 16.8 Å². The first-order valence-corrected chi connectivity index (χ1v) is 7.53. The van der Waals surface area contributed by atoms with Crippen molar-refractivity contribution in [2.24, 2.45) is 0 Å². The van der Waals surface area contributed by atoms with Crippen molar-refractivity contribution >= 4 is 16.6 Å². The number of benzene rings is 1. The lowest BCUT2D eigenvalue weighted by Crippen LogP contribution is -2.06. The molecule has 0 amide bonds. The van der Waals surface area contributed by atoms with E-state index >= 15 is 0 Å².